The Kier molecular flexibility index (Phi) is 4.01. The highest BCUT2D eigenvalue weighted by Crippen LogP contribution is 2.18. The molecule has 100 valence electrons. The fourth-order valence-electron chi connectivity index (χ4n) is 1.53. The number of nitrogens with one attached hydrogen (secondary N) is 1. The Morgan fingerprint density at radius 1 is 1.15 bits per heavy atom. The smallest absolute Gasteiger partial charge is 0.255 e. The molecule has 0 atom stereocenters. The van der Waals surface area contributed by atoms with Gasteiger partial charge in [0.2, 0.25) is 0 Å². The van der Waals surface area contributed by atoms with E-state index in [1.165, 1.54) is 24.3 Å². The van der Waals surface area contributed by atoms with Crippen molar-refractivity contribution < 1.29 is 13.6 Å². The third-order valence-electron chi connectivity index (χ3n) is 2.55. The molecule has 3 nitrogen and oxygen atoms in total. The molecule has 0 aliphatic rings. The minimum Gasteiger partial charge on any atom is -0.319 e. The Morgan fingerprint density at radius 3 is 2.50 bits per heavy atom. The van der Waals surface area contributed by atoms with Crippen molar-refractivity contribution in [1.82, 2.24) is 0 Å². The molecule has 1 amide bonds. The van der Waals surface area contributed by atoms with E-state index in [1.807, 2.05) is 0 Å². The highest BCUT2D eigenvalue weighted by Gasteiger charge is 2.11. The number of rotatable bonds is 2. The van der Waals surface area contributed by atoms with Crippen molar-refractivity contribution in [3.8, 4) is 6.07 Å². The maximum Gasteiger partial charge on any atom is 0.255 e. The van der Waals surface area contributed by atoms with Crippen LogP contribution in [0, 0.1) is 23.0 Å². The summed E-state index contributed by atoms with van der Waals surface area (Å²) in [6.07, 6.45) is 0. The number of amides is 1. The van der Waals surface area contributed by atoms with E-state index in [4.69, 9.17) is 5.26 Å². The first-order valence-corrected chi connectivity index (χ1v) is 5.95. The van der Waals surface area contributed by atoms with Crippen LogP contribution in [-0.2, 0) is 0 Å². The molecule has 0 saturated heterocycles. The molecule has 0 aromatic heterocycles. The molecule has 0 unspecified atom stereocenters. The normalized spacial score (nSPS) is 9.90. The van der Waals surface area contributed by atoms with Crippen molar-refractivity contribution >= 4 is 24.2 Å². The molecule has 1 N–H and O–H groups in total. The van der Waals surface area contributed by atoms with Crippen LogP contribution in [0.3, 0.4) is 0 Å². The van der Waals surface area contributed by atoms with Gasteiger partial charge in [-0.05, 0) is 36.4 Å². The fourth-order valence-corrected chi connectivity index (χ4v) is 1.75. The lowest BCUT2D eigenvalue weighted by molar-refractivity contribution is 0.102. The van der Waals surface area contributed by atoms with Gasteiger partial charge < -0.3 is 5.32 Å². The third kappa shape index (κ3) is 2.95. The summed E-state index contributed by atoms with van der Waals surface area (Å²) in [6, 6.07) is 9.10. The molecule has 2 aromatic rings. The van der Waals surface area contributed by atoms with Crippen LogP contribution in [0.4, 0.5) is 14.5 Å². The number of hydrogen-bond acceptors (Lipinski definition) is 3. The predicted molar refractivity (Wildman–Crippen MR) is 72.7 cm³/mol. The number of anilines is 1. The van der Waals surface area contributed by atoms with Gasteiger partial charge in [-0.2, -0.15) is 5.26 Å². The zero-order chi connectivity index (χ0) is 14.7. The summed E-state index contributed by atoms with van der Waals surface area (Å²) in [5.41, 5.74) is 0.249. The van der Waals surface area contributed by atoms with E-state index in [9.17, 15) is 13.6 Å². The van der Waals surface area contributed by atoms with Crippen LogP contribution in [0.25, 0.3) is 0 Å². The minimum absolute atomic E-state index is 0.0259. The molecule has 0 spiro atoms. The lowest BCUT2D eigenvalue weighted by atomic mass is 10.2. The quantitative estimate of drug-likeness (QED) is 0.833. The zero-order valence-electron chi connectivity index (χ0n) is 10.0. The zero-order valence-corrected chi connectivity index (χ0v) is 10.9. The monoisotopic (exact) mass is 290 g/mol. The van der Waals surface area contributed by atoms with Crippen molar-refractivity contribution in [2.24, 2.45) is 0 Å². The molecule has 20 heavy (non-hydrogen) atoms. The van der Waals surface area contributed by atoms with Crippen molar-refractivity contribution in [1.29, 1.82) is 5.26 Å². The summed E-state index contributed by atoms with van der Waals surface area (Å²) in [6.45, 7) is 0. The molecule has 0 radical (unpaired) electrons. The molecular weight excluding hydrogens is 282 g/mol. The van der Waals surface area contributed by atoms with Crippen LogP contribution < -0.4 is 5.32 Å². The van der Waals surface area contributed by atoms with Gasteiger partial charge in [0.25, 0.3) is 5.91 Å². The third-order valence-corrected chi connectivity index (χ3v) is 2.90. The van der Waals surface area contributed by atoms with Crippen LogP contribution in [0.5, 0.6) is 0 Å². The second-order valence-corrected chi connectivity index (χ2v) is 4.41. The van der Waals surface area contributed by atoms with Crippen molar-refractivity contribution in [3.05, 3.63) is 59.2 Å². The first-order valence-electron chi connectivity index (χ1n) is 5.51. The number of benzene rings is 2. The van der Waals surface area contributed by atoms with Gasteiger partial charge in [0, 0.05) is 10.5 Å². The molecule has 2 rings (SSSR count). The van der Waals surface area contributed by atoms with Gasteiger partial charge in [-0.25, -0.2) is 8.78 Å². The van der Waals surface area contributed by atoms with Gasteiger partial charge in [-0.1, -0.05) is 0 Å². The fraction of sp³-hybridized carbons (Fsp3) is 0. The molecule has 0 fully saturated rings. The number of thiol groups is 1. The maximum atomic E-state index is 13.6. The molecule has 6 heteroatoms. The number of nitriles is 1. The average molecular weight is 290 g/mol. The molecule has 0 aliphatic heterocycles. The largest absolute Gasteiger partial charge is 0.319 e. The molecule has 0 saturated carbocycles. The number of hydrogen-bond donors (Lipinski definition) is 2. The van der Waals surface area contributed by atoms with Gasteiger partial charge in [0.1, 0.15) is 11.6 Å². The molecule has 2 aromatic carbocycles. The number of carbonyl (C=O) groups is 1. The predicted octanol–water partition coefficient (Wildman–Crippen LogP) is 3.38. The van der Waals surface area contributed by atoms with Crippen molar-refractivity contribution in [2.45, 2.75) is 4.90 Å². The average Bonchev–Trinajstić information content (AvgIpc) is 2.43. The second kappa shape index (κ2) is 5.72. The van der Waals surface area contributed by atoms with Gasteiger partial charge in [-0.15, -0.1) is 12.6 Å². The number of carbonyl (C=O) groups excluding carboxylic acids is 1. The van der Waals surface area contributed by atoms with E-state index < -0.39 is 17.5 Å². The molecule has 0 bridgehead atoms. The van der Waals surface area contributed by atoms with Crippen LogP contribution in [0.2, 0.25) is 0 Å². The molecular formula is C14H8F2N2OS. The van der Waals surface area contributed by atoms with Gasteiger partial charge in [-0.3, -0.25) is 4.79 Å². The van der Waals surface area contributed by atoms with Gasteiger partial charge in [0.15, 0.2) is 0 Å². The van der Waals surface area contributed by atoms with Crippen LogP contribution in [0.15, 0.2) is 41.3 Å². The van der Waals surface area contributed by atoms with Crippen LogP contribution >= 0.6 is 12.6 Å². The number of nitrogens with zero attached hydrogens (tertiary/aromatic N) is 1. The Bertz CT molecular complexity index is 726. The molecule has 0 heterocycles. The van der Waals surface area contributed by atoms with E-state index in [-0.39, 0.29) is 21.7 Å². The van der Waals surface area contributed by atoms with Crippen LogP contribution in [-0.4, -0.2) is 5.91 Å². The Balaban J connectivity index is 2.23. The lowest BCUT2D eigenvalue weighted by Gasteiger charge is -2.07. The van der Waals surface area contributed by atoms with E-state index in [0.717, 1.165) is 12.1 Å². The Morgan fingerprint density at radius 2 is 1.90 bits per heavy atom. The molecule has 0 aliphatic carbocycles. The van der Waals surface area contributed by atoms with Crippen molar-refractivity contribution in [3.63, 3.8) is 0 Å². The summed E-state index contributed by atoms with van der Waals surface area (Å²) in [7, 11) is 0. The first-order chi connectivity index (χ1) is 9.51. The van der Waals surface area contributed by atoms with Crippen molar-refractivity contribution in [2.75, 3.05) is 5.32 Å². The maximum absolute atomic E-state index is 13.6. The summed E-state index contributed by atoms with van der Waals surface area (Å²) >= 11 is 3.87. The summed E-state index contributed by atoms with van der Waals surface area (Å²) in [5.74, 6) is -1.86. The second-order valence-electron chi connectivity index (χ2n) is 3.93. The van der Waals surface area contributed by atoms with E-state index in [2.05, 4.69) is 17.9 Å². The topological polar surface area (TPSA) is 52.9 Å². The summed E-state index contributed by atoms with van der Waals surface area (Å²) in [4.78, 5) is 11.9. The minimum atomic E-state index is -0.717. The van der Waals surface area contributed by atoms with Crippen LogP contribution in [0.1, 0.15) is 15.9 Å². The SMILES string of the molecule is N#Cc1ccc(NC(=O)c2ccc(F)c(S)c2)c(F)c1. The first kappa shape index (κ1) is 14.0. The number of halogens is 2. The summed E-state index contributed by atoms with van der Waals surface area (Å²) < 4.78 is 26.7. The highest BCUT2D eigenvalue weighted by atomic mass is 32.1. The Hall–Kier alpha value is -2.39. The summed E-state index contributed by atoms with van der Waals surface area (Å²) in [5, 5.41) is 11.0. The lowest BCUT2D eigenvalue weighted by Crippen LogP contribution is -2.13. The van der Waals surface area contributed by atoms with Gasteiger partial charge in [0.05, 0.1) is 17.3 Å². The van der Waals surface area contributed by atoms with E-state index in [0.29, 0.717) is 0 Å². The van der Waals surface area contributed by atoms with E-state index >= 15 is 0 Å². The van der Waals surface area contributed by atoms with E-state index in [1.54, 1.807) is 6.07 Å². The Labute approximate surface area is 119 Å². The van der Waals surface area contributed by atoms with Gasteiger partial charge >= 0.3 is 0 Å². The highest BCUT2D eigenvalue weighted by molar-refractivity contribution is 7.80. The standard InChI is InChI=1S/C14H8F2N2OS/c15-10-3-2-9(6-13(10)20)14(19)18-12-4-1-8(7-17)5-11(12)16/h1-6,20H,(H,18,19).